The first kappa shape index (κ1) is 11.4. The Balaban J connectivity index is 1.98. The van der Waals surface area contributed by atoms with Gasteiger partial charge in [-0.2, -0.15) is 5.10 Å². The Kier molecular flexibility index (Phi) is 3.59. The molecule has 0 radical (unpaired) electrons. The van der Waals surface area contributed by atoms with Crippen LogP contribution in [0.2, 0.25) is 0 Å². The van der Waals surface area contributed by atoms with Crippen LogP contribution in [0.4, 0.5) is 0 Å². The predicted octanol–water partition coefficient (Wildman–Crippen LogP) is 2.09. The number of furan rings is 1. The Labute approximate surface area is 99.0 Å². The normalized spacial score (nSPS) is 10.4. The fourth-order valence-corrected chi connectivity index (χ4v) is 1.39. The van der Waals surface area contributed by atoms with Crippen molar-refractivity contribution in [2.24, 2.45) is 0 Å². The zero-order chi connectivity index (χ0) is 12.1. The molecule has 0 amide bonds. The van der Waals surface area contributed by atoms with Crippen LogP contribution in [-0.4, -0.2) is 22.4 Å². The Bertz CT molecular complexity index is 474. The van der Waals surface area contributed by atoms with Gasteiger partial charge in [0.2, 0.25) is 5.76 Å². The molecule has 0 spiro atoms. The van der Waals surface area contributed by atoms with E-state index in [4.69, 9.17) is 9.15 Å². The highest BCUT2D eigenvalue weighted by molar-refractivity contribution is 5.86. The number of hydrogen-bond donors (Lipinski definition) is 0. The van der Waals surface area contributed by atoms with Crippen LogP contribution in [0.1, 0.15) is 29.7 Å². The van der Waals surface area contributed by atoms with Crippen LogP contribution >= 0.6 is 0 Å². The molecule has 2 aromatic heterocycles. The van der Waals surface area contributed by atoms with Crippen molar-refractivity contribution >= 4 is 5.97 Å². The number of rotatable bonds is 5. The van der Waals surface area contributed by atoms with Crippen LogP contribution in [-0.2, 0) is 11.3 Å². The molecule has 0 aliphatic heterocycles. The highest BCUT2D eigenvalue weighted by Crippen LogP contribution is 2.10. The molecule has 0 atom stereocenters. The van der Waals surface area contributed by atoms with Gasteiger partial charge in [0.05, 0.1) is 13.2 Å². The highest BCUT2D eigenvalue weighted by atomic mass is 16.5. The van der Waals surface area contributed by atoms with Gasteiger partial charge in [-0.3, -0.25) is 4.68 Å². The second-order valence-corrected chi connectivity index (χ2v) is 3.61. The summed E-state index contributed by atoms with van der Waals surface area (Å²) in [6.45, 7) is 2.86. The summed E-state index contributed by atoms with van der Waals surface area (Å²) >= 11 is 0. The van der Waals surface area contributed by atoms with E-state index in [0.717, 1.165) is 6.42 Å². The minimum Gasteiger partial charge on any atom is -0.460 e. The fraction of sp³-hybridized carbons (Fsp3) is 0.333. The minimum absolute atomic E-state index is 0.237. The van der Waals surface area contributed by atoms with Gasteiger partial charge in [-0.15, -0.1) is 0 Å². The van der Waals surface area contributed by atoms with Gasteiger partial charge in [0.15, 0.2) is 0 Å². The molecule has 0 bridgehead atoms. The van der Waals surface area contributed by atoms with Gasteiger partial charge < -0.3 is 9.15 Å². The van der Waals surface area contributed by atoms with Crippen molar-refractivity contribution in [2.75, 3.05) is 6.61 Å². The second-order valence-electron chi connectivity index (χ2n) is 3.61. The van der Waals surface area contributed by atoms with E-state index in [1.54, 1.807) is 23.0 Å². The lowest BCUT2D eigenvalue weighted by atomic mass is 10.4. The van der Waals surface area contributed by atoms with Gasteiger partial charge in [-0.25, -0.2) is 4.79 Å². The van der Waals surface area contributed by atoms with Crippen molar-refractivity contribution in [1.29, 1.82) is 0 Å². The zero-order valence-corrected chi connectivity index (χ0v) is 9.63. The molecule has 0 saturated carbocycles. The van der Waals surface area contributed by atoms with E-state index >= 15 is 0 Å². The third-order valence-corrected chi connectivity index (χ3v) is 2.18. The molecule has 5 heteroatoms. The van der Waals surface area contributed by atoms with Gasteiger partial charge >= 0.3 is 5.97 Å². The first-order chi connectivity index (χ1) is 8.29. The summed E-state index contributed by atoms with van der Waals surface area (Å²) in [7, 11) is 0. The minimum atomic E-state index is -0.418. The van der Waals surface area contributed by atoms with E-state index in [-0.39, 0.29) is 5.76 Å². The Morgan fingerprint density at radius 3 is 3.12 bits per heavy atom. The van der Waals surface area contributed by atoms with Gasteiger partial charge in [-0.05, 0) is 24.6 Å². The first-order valence-corrected chi connectivity index (χ1v) is 5.53. The van der Waals surface area contributed by atoms with Crippen molar-refractivity contribution < 1.29 is 13.9 Å². The molecule has 0 fully saturated rings. The molecule has 0 aliphatic carbocycles. The van der Waals surface area contributed by atoms with Crippen molar-refractivity contribution in [3.05, 3.63) is 42.1 Å². The third kappa shape index (κ3) is 2.96. The number of ether oxygens (including phenoxy) is 1. The van der Waals surface area contributed by atoms with Gasteiger partial charge in [0.25, 0.3) is 0 Å². The number of aromatic nitrogens is 2. The Morgan fingerprint density at radius 2 is 2.41 bits per heavy atom. The summed E-state index contributed by atoms with van der Waals surface area (Å²) in [6, 6.07) is 5.21. The monoisotopic (exact) mass is 234 g/mol. The fourth-order valence-electron chi connectivity index (χ4n) is 1.39. The Morgan fingerprint density at radius 1 is 1.53 bits per heavy atom. The maximum atomic E-state index is 11.5. The molecule has 0 aliphatic rings. The quantitative estimate of drug-likeness (QED) is 0.743. The maximum absolute atomic E-state index is 11.5. The molecule has 90 valence electrons. The van der Waals surface area contributed by atoms with Gasteiger partial charge in [-0.1, -0.05) is 6.92 Å². The molecule has 0 saturated heterocycles. The predicted molar refractivity (Wildman–Crippen MR) is 60.6 cm³/mol. The van der Waals surface area contributed by atoms with E-state index in [0.29, 0.717) is 18.9 Å². The summed E-state index contributed by atoms with van der Waals surface area (Å²) in [5.74, 6) is 0.497. The van der Waals surface area contributed by atoms with Crippen LogP contribution in [0.25, 0.3) is 0 Å². The van der Waals surface area contributed by atoms with Crippen LogP contribution in [0, 0.1) is 0 Å². The van der Waals surface area contributed by atoms with E-state index in [9.17, 15) is 4.79 Å². The molecule has 5 nitrogen and oxygen atoms in total. The number of carbonyl (C=O) groups is 1. The lowest BCUT2D eigenvalue weighted by Gasteiger charge is -2.00. The number of nitrogens with zero attached hydrogens (tertiary/aromatic N) is 2. The topological polar surface area (TPSA) is 57.3 Å². The van der Waals surface area contributed by atoms with Crippen LogP contribution < -0.4 is 0 Å². The molecular formula is C12H14N2O3. The zero-order valence-electron chi connectivity index (χ0n) is 9.63. The number of carbonyl (C=O) groups excluding carboxylic acids is 1. The molecule has 2 heterocycles. The summed E-state index contributed by atoms with van der Waals surface area (Å²) < 4.78 is 12.1. The second kappa shape index (κ2) is 5.34. The van der Waals surface area contributed by atoms with Crippen LogP contribution in [0.15, 0.2) is 35.0 Å². The molecule has 0 unspecified atom stereocenters. The molecular weight excluding hydrogens is 220 g/mol. The molecule has 2 rings (SSSR count). The largest absolute Gasteiger partial charge is 0.460 e. The van der Waals surface area contributed by atoms with E-state index in [1.165, 1.54) is 0 Å². The average Bonchev–Trinajstić information content (AvgIpc) is 2.98. The van der Waals surface area contributed by atoms with Gasteiger partial charge in [0.1, 0.15) is 5.76 Å². The van der Waals surface area contributed by atoms with Crippen molar-refractivity contribution in [3.63, 3.8) is 0 Å². The van der Waals surface area contributed by atoms with E-state index in [2.05, 4.69) is 5.10 Å². The molecule has 0 aromatic carbocycles. The van der Waals surface area contributed by atoms with Crippen molar-refractivity contribution in [2.45, 2.75) is 19.9 Å². The van der Waals surface area contributed by atoms with Crippen molar-refractivity contribution in [1.82, 2.24) is 9.78 Å². The van der Waals surface area contributed by atoms with Crippen LogP contribution in [0.5, 0.6) is 0 Å². The standard InChI is InChI=1S/C12H14N2O3/c1-2-8-16-12(15)11-5-4-10(17-11)9-14-7-3-6-13-14/h3-7H,2,8-9H2,1H3. The Hall–Kier alpha value is -2.04. The summed E-state index contributed by atoms with van der Waals surface area (Å²) in [6.07, 6.45) is 4.32. The summed E-state index contributed by atoms with van der Waals surface area (Å²) in [5, 5.41) is 4.06. The summed E-state index contributed by atoms with van der Waals surface area (Å²) in [4.78, 5) is 11.5. The van der Waals surface area contributed by atoms with E-state index in [1.807, 2.05) is 19.2 Å². The van der Waals surface area contributed by atoms with E-state index < -0.39 is 5.97 Å². The lowest BCUT2D eigenvalue weighted by molar-refractivity contribution is 0.0466. The SMILES string of the molecule is CCCOC(=O)c1ccc(Cn2cccn2)o1. The van der Waals surface area contributed by atoms with Crippen molar-refractivity contribution in [3.8, 4) is 0 Å². The maximum Gasteiger partial charge on any atom is 0.374 e. The van der Waals surface area contributed by atoms with Crippen LogP contribution in [0.3, 0.4) is 0 Å². The van der Waals surface area contributed by atoms with Gasteiger partial charge in [0, 0.05) is 12.4 Å². The first-order valence-electron chi connectivity index (χ1n) is 5.53. The lowest BCUT2D eigenvalue weighted by Crippen LogP contribution is -2.04. The summed E-state index contributed by atoms with van der Waals surface area (Å²) in [5.41, 5.74) is 0. The number of hydrogen-bond acceptors (Lipinski definition) is 4. The number of esters is 1. The smallest absolute Gasteiger partial charge is 0.374 e. The highest BCUT2D eigenvalue weighted by Gasteiger charge is 2.12. The molecule has 17 heavy (non-hydrogen) atoms. The molecule has 0 N–H and O–H groups in total. The third-order valence-electron chi connectivity index (χ3n) is 2.18. The average molecular weight is 234 g/mol. The molecule has 2 aromatic rings.